The number of nitrogens with zero attached hydrogens (tertiary/aromatic N) is 5. The number of halogens is 1. The fourth-order valence-electron chi connectivity index (χ4n) is 2.56. The zero-order valence-electron chi connectivity index (χ0n) is 13.3. The van der Waals surface area contributed by atoms with E-state index in [1.165, 1.54) is 0 Å². The molecule has 130 valence electrons. The van der Waals surface area contributed by atoms with Gasteiger partial charge < -0.3 is 4.52 Å². The minimum absolute atomic E-state index is 0. The lowest BCUT2D eigenvalue weighted by molar-refractivity contribution is 0.415. The minimum atomic E-state index is 0. The van der Waals surface area contributed by atoms with Crippen molar-refractivity contribution in [1.82, 2.24) is 20.0 Å². The van der Waals surface area contributed by atoms with Gasteiger partial charge in [-0.1, -0.05) is 53.3 Å². The molecule has 5 rings (SSSR count). The summed E-state index contributed by atoms with van der Waals surface area (Å²) in [6.45, 7) is 0. The summed E-state index contributed by atoms with van der Waals surface area (Å²) in [5.74, 6) is 2.09. The van der Waals surface area contributed by atoms with E-state index in [0.717, 1.165) is 32.8 Å². The Balaban J connectivity index is 0.00000168. The molecule has 0 spiro atoms. The molecular weight excluding hydrogens is 434 g/mol. The summed E-state index contributed by atoms with van der Waals surface area (Å²) in [5.41, 5.74) is 2.65. The summed E-state index contributed by atoms with van der Waals surface area (Å²) in [4.78, 5) is 1.03. The summed E-state index contributed by atoms with van der Waals surface area (Å²) >= 11 is 3.20. The number of hydrogen-bond donors (Lipinski definition) is 0. The number of rotatable bonds is 3. The van der Waals surface area contributed by atoms with Gasteiger partial charge in [-0.25, -0.2) is 0 Å². The van der Waals surface area contributed by atoms with Crippen LogP contribution in [0.3, 0.4) is 0 Å². The summed E-state index contributed by atoms with van der Waals surface area (Å²) in [6, 6.07) is 15.9. The summed E-state index contributed by atoms with van der Waals surface area (Å²) in [5, 5.41) is 20.2. The van der Waals surface area contributed by atoms with Gasteiger partial charge in [-0.2, -0.15) is 9.78 Å². The van der Waals surface area contributed by atoms with Crippen LogP contribution in [0.25, 0.3) is 22.0 Å². The van der Waals surface area contributed by atoms with Crippen molar-refractivity contribution in [3.05, 3.63) is 59.7 Å². The number of benzene rings is 1. The van der Waals surface area contributed by atoms with E-state index in [-0.39, 0.29) is 17.0 Å². The van der Waals surface area contributed by atoms with E-state index in [1.807, 2.05) is 53.9 Å². The van der Waals surface area contributed by atoms with E-state index in [9.17, 15) is 0 Å². The maximum absolute atomic E-state index is 5.54. The Kier molecular flexibility index (Phi) is 4.75. The molecule has 0 saturated carbocycles. The van der Waals surface area contributed by atoms with Crippen LogP contribution in [0.5, 0.6) is 0 Å². The van der Waals surface area contributed by atoms with Crippen LogP contribution in [0, 0.1) is 0 Å². The van der Waals surface area contributed by atoms with Gasteiger partial charge in [0.25, 0.3) is 0 Å². The summed E-state index contributed by atoms with van der Waals surface area (Å²) in [7, 11) is 0. The number of fused-ring (bicyclic) bond motifs is 1. The highest BCUT2D eigenvalue weighted by atomic mass is 79.9. The van der Waals surface area contributed by atoms with E-state index >= 15 is 0 Å². The van der Waals surface area contributed by atoms with Crippen LogP contribution in [0.1, 0.15) is 5.76 Å². The van der Waals surface area contributed by atoms with Crippen LogP contribution in [0.4, 0.5) is 0 Å². The van der Waals surface area contributed by atoms with E-state index < -0.39 is 0 Å². The van der Waals surface area contributed by atoms with Gasteiger partial charge in [0.2, 0.25) is 5.16 Å². The fraction of sp³-hybridized carbons (Fsp3) is 0.0588. The van der Waals surface area contributed by atoms with Crippen molar-refractivity contribution in [2.45, 2.75) is 5.16 Å². The highest BCUT2D eigenvalue weighted by Gasteiger charge is 2.23. The molecule has 1 aliphatic rings. The van der Waals surface area contributed by atoms with Gasteiger partial charge in [0.15, 0.2) is 11.6 Å². The number of thioether (sulfide) groups is 1. The third kappa shape index (κ3) is 3.02. The monoisotopic (exact) mass is 445 g/mol. The third-order valence-corrected chi connectivity index (χ3v) is 5.57. The van der Waals surface area contributed by atoms with Crippen molar-refractivity contribution in [3.8, 4) is 22.0 Å². The Morgan fingerprint density at radius 3 is 2.73 bits per heavy atom. The molecule has 4 heterocycles. The average Bonchev–Trinajstić information content (AvgIpc) is 3.41. The standard InChI is InChI=1S/C17H11N5OS2.BrH/c1-2-5-11(6-3-1)12-9-14(23-21-12)13-10-25-17-19-18-16(22(17)20-13)15-7-4-8-24-15;/h1-9H,10H2;1H. The van der Waals surface area contributed by atoms with Crippen molar-refractivity contribution in [2.75, 3.05) is 5.75 Å². The fourth-order valence-corrected chi connectivity index (χ4v) is 4.07. The highest BCUT2D eigenvalue weighted by molar-refractivity contribution is 8.93. The first kappa shape index (κ1) is 17.2. The van der Waals surface area contributed by atoms with E-state index in [1.54, 1.807) is 27.8 Å². The first-order chi connectivity index (χ1) is 12.4. The predicted octanol–water partition coefficient (Wildman–Crippen LogP) is 4.60. The molecule has 0 atom stereocenters. The molecule has 3 aromatic heterocycles. The van der Waals surface area contributed by atoms with Gasteiger partial charge >= 0.3 is 0 Å². The Bertz CT molecular complexity index is 1060. The molecule has 0 fully saturated rings. The third-order valence-electron chi connectivity index (χ3n) is 3.78. The van der Waals surface area contributed by atoms with Gasteiger partial charge in [-0.15, -0.1) is 38.5 Å². The van der Waals surface area contributed by atoms with Crippen LogP contribution in [0.2, 0.25) is 0 Å². The van der Waals surface area contributed by atoms with Crippen molar-refractivity contribution >= 4 is 45.8 Å². The lowest BCUT2D eigenvalue weighted by Gasteiger charge is -2.10. The number of hydrogen-bond acceptors (Lipinski definition) is 7. The Morgan fingerprint density at radius 2 is 1.92 bits per heavy atom. The van der Waals surface area contributed by atoms with Crippen molar-refractivity contribution < 1.29 is 4.52 Å². The second kappa shape index (κ2) is 7.18. The van der Waals surface area contributed by atoms with Crippen LogP contribution in [0.15, 0.2) is 68.7 Å². The molecule has 4 aromatic rings. The molecule has 0 saturated heterocycles. The maximum Gasteiger partial charge on any atom is 0.212 e. The lowest BCUT2D eigenvalue weighted by atomic mass is 10.1. The SMILES string of the molecule is Br.c1ccc(-c2cc(C3=Nn4c(nnc4-c4cccs4)SC3)on2)cc1. The second-order valence-corrected chi connectivity index (χ2v) is 7.26. The van der Waals surface area contributed by atoms with Gasteiger partial charge in [0.05, 0.1) is 4.88 Å². The molecule has 1 aliphatic heterocycles. The maximum atomic E-state index is 5.54. The van der Waals surface area contributed by atoms with Crippen LogP contribution < -0.4 is 0 Å². The summed E-state index contributed by atoms with van der Waals surface area (Å²) in [6.07, 6.45) is 0. The topological polar surface area (TPSA) is 69.1 Å². The molecule has 1 aromatic carbocycles. The van der Waals surface area contributed by atoms with Crippen LogP contribution >= 0.6 is 40.1 Å². The van der Waals surface area contributed by atoms with Crippen LogP contribution in [-0.4, -0.2) is 31.5 Å². The Hall–Kier alpha value is -2.23. The molecule has 6 nitrogen and oxygen atoms in total. The highest BCUT2D eigenvalue weighted by Crippen LogP contribution is 2.31. The zero-order chi connectivity index (χ0) is 16.6. The second-order valence-electron chi connectivity index (χ2n) is 5.37. The van der Waals surface area contributed by atoms with Crippen molar-refractivity contribution in [1.29, 1.82) is 0 Å². The quantitative estimate of drug-likeness (QED) is 0.460. The molecular formula is C17H12BrN5OS2. The van der Waals surface area contributed by atoms with Crippen molar-refractivity contribution in [3.63, 3.8) is 0 Å². The molecule has 0 unspecified atom stereocenters. The Morgan fingerprint density at radius 1 is 1.04 bits per heavy atom. The molecule has 26 heavy (non-hydrogen) atoms. The van der Waals surface area contributed by atoms with Crippen LogP contribution in [-0.2, 0) is 0 Å². The average molecular weight is 446 g/mol. The van der Waals surface area contributed by atoms with Gasteiger partial charge in [0, 0.05) is 17.4 Å². The zero-order valence-corrected chi connectivity index (χ0v) is 16.6. The molecule has 0 bridgehead atoms. The van der Waals surface area contributed by atoms with Gasteiger partial charge in [-0.05, 0) is 11.4 Å². The Labute approximate surface area is 167 Å². The van der Waals surface area contributed by atoms with Crippen molar-refractivity contribution in [2.24, 2.45) is 5.10 Å². The predicted molar refractivity (Wildman–Crippen MR) is 108 cm³/mol. The summed E-state index contributed by atoms with van der Waals surface area (Å²) < 4.78 is 7.31. The normalized spacial score (nSPS) is 13.0. The molecule has 0 radical (unpaired) electrons. The first-order valence-corrected chi connectivity index (χ1v) is 9.47. The number of aromatic nitrogens is 4. The molecule has 0 amide bonds. The van der Waals surface area contributed by atoms with E-state index in [2.05, 4.69) is 15.4 Å². The lowest BCUT2D eigenvalue weighted by Crippen LogP contribution is -2.13. The smallest absolute Gasteiger partial charge is 0.212 e. The number of thiophene rings is 1. The van der Waals surface area contributed by atoms with E-state index in [0.29, 0.717) is 11.5 Å². The first-order valence-electron chi connectivity index (χ1n) is 7.61. The van der Waals surface area contributed by atoms with E-state index in [4.69, 9.17) is 9.62 Å². The molecule has 0 N–H and O–H groups in total. The van der Waals surface area contributed by atoms with Gasteiger partial charge in [-0.3, -0.25) is 0 Å². The van der Waals surface area contributed by atoms with Gasteiger partial charge in [0.1, 0.15) is 11.4 Å². The molecule has 9 heteroatoms. The largest absolute Gasteiger partial charge is 0.354 e. The minimum Gasteiger partial charge on any atom is -0.354 e. The molecule has 0 aliphatic carbocycles.